The Balaban J connectivity index is 1.54. The van der Waals surface area contributed by atoms with Crippen molar-refractivity contribution in [1.29, 1.82) is 0 Å². The number of aromatic nitrogens is 1. The van der Waals surface area contributed by atoms with Gasteiger partial charge in [-0.3, -0.25) is 24.5 Å². The lowest BCUT2D eigenvalue weighted by atomic mass is 9.94. The van der Waals surface area contributed by atoms with Gasteiger partial charge in [0.25, 0.3) is 11.5 Å². The van der Waals surface area contributed by atoms with Crippen molar-refractivity contribution in [2.45, 2.75) is 83.2 Å². The molecule has 2 aliphatic rings. The Morgan fingerprint density at radius 3 is 2.37 bits per heavy atom. The van der Waals surface area contributed by atoms with E-state index in [1.807, 2.05) is 30.3 Å². The Morgan fingerprint density at radius 2 is 1.74 bits per heavy atom. The van der Waals surface area contributed by atoms with Crippen LogP contribution in [0.4, 0.5) is 10.5 Å². The fourth-order valence-corrected chi connectivity index (χ4v) is 5.07. The first-order valence-electron chi connectivity index (χ1n) is 14.7. The highest BCUT2D eigenvalue weighted by Gasteiger charge is 2.37. The summed E-state index contributed by atoms with van der Waals surface area (Å²) in [4.78, 5) is 65.0. The molecule has 4 rings (SSSR count). The van der Waals surface area contributed by atoms with E-state index in [1.165, 1.54) is 16.8 Å². The van der Waals surface area contributed by atoms with Crippen molar-refractivity contribution in [3.63, 3.8) is 0 Å². The fourth-order valence-electron chi connectivity index (χ4n) is 5.07. The van der Waals surface area contributed by atoms with E-state index in [0.29, 0.717) is 19.4 Å². The van der Waals surface area contributed by atoms with Crippen LogP contribution in [0.5, 0.6) is 0 Å². The number of anilines is 1. The lowest BCUT2D eigenvalue weighted by Gasteiger charge is -2.28. The smallest absolute Gasteiger partial charge is 0.412 e. The normalized spacial score (nSPS) is 18.6. The maximum atomic E-state index is 13.8. The van der Waals surface area contributed by atoms with Crippen LogP contribution in [0.15, 0.2) is 53.5 Å². The zero-order valence-corrected chi connectivity index (χ0v) is 24.8. The Labute approximate surface area is 250 Å². The van der Waals surface area contributed by atoms with Gasteiger partial charge in [-0.1, -0.05) is 43.2 Å². The Hall–Kier alpha value is -4.19. The van der Waals surface area contributed by atoms with Gasteiger partial charge in [-0.05, 0) is 63.6 Å². The number of ether oxygens (including phenoxy) is 1. The maximum Gasteiger partial charge on any atom is 0.412 e. The van der Waals surface area contributed by atoms with Gasteiger partial charge in [-0.2, -0.15) is 0 Å². The average Bonchev–Trinajstić information content (AvgIpc) is 3.69. The third-order valence-corrected chi connectivity index (χ3v) is 7.49. The molecule has 5 N–H and O–H groups in total. The molecule has 1 aromatic heterocycles. The predicted octanol–water partition coefficient (Wildman–Crippen LogP) is 2.22. The summed E-state index contributed by atoms with van der Waals surface area (Å²) in [7, 11) is 0. The first kappa shape index (κ1) is 31.7. The Morgan fingerprint density at radius 1 is 1.02 bits per heavy atom. The molecular weight excluding hydrogens is 554 g/mol. The van der Waals surface area contributed by atoms with Crippen molar-refractivity contribution in [2.75, 3.05) is 11.9 Å². The zero-order chi connectivity index (χ0) is 31.1. The van der Waals surface area contributed by atoms with Gasteiger partial charge in [0, 0.05) is 25.2 Å². The van der Waals surface area contributed by atoms with E-state index in [2.05, 4.69) is 21.3 Å². The van der Waals surface area contributed by atoms with Crippen molar-refractivity contribution in [3.05, 3.63) is 64.6 Å². The van der Waals surface area contributed by atoms with E-state index in [-0.39, 0.29) is 30.5 Å². The molecule has 0 spiro atoms. The number of carbonyl (C=O) groups excluding carboxylic acids is 4. The molecule has 2 aromatic rings. The number of rotatable bonds is 12. The molecule has 1 aliphatic carbocycles. The first-order valence-corrected chi connectivity index (χ1v) is 14.7. The van der Waals surface area contributed by atoms with Crippen LogP contribution < -0.4 is 26.8 Å². The van der Waals surface area contributed by atoms with Crippen LogP contribution in [0, 0.1) is 11.8 Å². The minimum absolute atomic E-state index is 0.0444. The summed E-state index contributed by atoms with van der Waals surface area (Å²) < 4.78 is 6.52. The van der Waals surface area contributed by atoms with E-state index >= 15 is 0 Å². The standard InChI is InChI=1S/C31H41N5O7/c1-31(2,3)43-30(42)35-22-10-7-15-36(29(22)41)24(16-19-11-12-19)27(39)34-23(17-21-13-14-32-26(21)38)25(37)28(40)33-18-20-8-5-4-6-9-20/h4-10,15,19,21,23-25,37H,11-14,16-18H2,1-3H3,(H,32,38)(H,33,40)(H,34,39)(H,35,42)/t21-,23-,24-,25-/m0/s1. The van der Waals surface area contributed by atoms with Gasteiger partial charge in [0.15, 0.2) is 6.10 Å². The second-order valence-corrected chi connectivity index (χ2v) is 12.2. The number of amides is 4. The van der Waals surface area contributed by atoms with E-state index in [0.717, 1.165) is 18.4 Å². The minimum Gasteiger partial charge on any atom is -0.444 e. The fraction of sp³-hybridized carbons (Fsp3) is 0.516. The number of benzene rings is 1. The molecule has 4 amide bonds. The minimum atomic E-state index is -1.64. The van der Waals surface area contributed by atoms with E-state index in [9.17, 15) is 29.1 Å². The number of nitrogens with one attached hydrogen (secondary N) is 4. The number of hydrogen-bond acceptors (Lipinski definition) is 7. The molecule has 2 fully saturated rings. The molecular formula is C31H41N5O7. The van der Waals surface area contributed by atoms with Crippen LogP contribution in [0.3, 0.4) is 0 Å². The molecule has 4 atom stereocenters. The number of nitrogens with zero attached hydrogens (tertiary/aromatic N) is 1. The van der Waals surface area contributed by atoms with Gasteiger partial charge in [0.05, 0.1) is 6.04 Å². The lowest BCUT2D eigenvalue weighted by Crippen LogP contribution is -2.53. The largest absolute Gasteiger partial charge is 0.444 e. The summed E-state index contributed by atoms with van der Waals surface area (Å²) in [5.41, 5.74) is -0.583. The summed E-state index contributed by atoms with van der Waals surface area (Å²) >= 11 is 0. The third kappa shape index (κ3) is 9.15. The highest BCUT2D eigenvalue weighted by Crippen LogP contribution is 2.37. The topological polar surface area (TPSA) is 168 Å². The zero-order valence-electron chi connectivity index (χ0n) is 24.8. The molecule has 0 unspecified atom stereocenters. The van der Waals surface area contributed by atoms with Gasteiger partial charge in [-0.15, -0.1) is 0 Å². The van der Waals surface area contributed by atoms with E-state index in [4.69, 9.17) is 4.74 Å². The van der Waals surface area contributed by atoms with E-state index in [1.54, 1.807) is 26.8 Å². The maximum absolute atomic E-state index is 13.8. The summed E-state index contributed by atoms with van der Waals surface area (Å²) in [6, 6.07) is 10.1. The Bertz CT molecular complexity index is 1370. The first-order chi connectivity index (χ1) is 20.4. The molecule has 1 saturated carbocycles. The van der Waals surface area contributed by atoms with Gasteiger partial charge in [0.1, 0.15) is 17.3 Å². The monoisotopic (exact) mass is 595 g/mol. The van der Waals surface area contributed by atoms with Crippen molar-refractivity contribution in [2.24, 2.45) is 11.8 Å². The molecule has 2 heterocycles. The predicted molar refractivity (Wildman–Crippen MR) is 159 cm³/mol. The number of carbonyl (C=O) groups is 4. The number of aliphatic hydroxyl groups is 1. The summed E-state index contributed by atoms with van der Waals surface area (Å²) in [5.74, 6) is -1.73. The van der Waals surface area contributed by atoms with Crippen LogP contribution in [0.2, 0.25) is 0 Å². The molecule has 232 valence electrons. The van der Waals surface area contributed by atoms with Gasteiger partial charge < -0.3 is 30.4 Å². The second-order valence-electron chi connectivity index (χ2n) is 12.2. The second kappa shape index (κ2) is 13.9. The summed E-state index contributed by atoms with van der Waals surface area (Å²) in [6.07, 6.45) is 1.75. The molecule has 1 saturated heterocycles. The third-order valence-electron chi connectivity index (χ3n) is 7.49. The summed E-state index contributed by atoms with van der Waals surface area (Å²) in [5, 5.41) is 21.8. The van der Waals surface area contributed by atoms with Crippen LogP contribution in [0.1, 0.15) is 64.5 Å². The molecule has 1 aromatic carbocycles. The SMILES string of the molecule is CC(C)(C)OC(=O)Nc1cccn([C@@H](CC2CC2)C(=O)N[C@@H](C[C@@H]2CCNC2=O)[C@H](O)C(=O)NCc2ccccc2)c1=O. The molecule has 0 radical (unpaired) electrons. The quantitative estimate of drug-likeness (QED) is 0.251. The lowest BCUT2D eigenvalue weighted by molar-refractivity contribution is -0.134. The highest BCUT2D eigenvalue weighted by molar-refractivity contribution is 5.86. The van der Waals surface area contributed by atoms with Crippen molar-refractivity contribution >= 4 is 29.5 Å². The van der Waals surface area contributed by atoms with Gasteiger partial charge in [-0.25, -0.2) is 4.79 Å². The van der Waals surface area contributed by atoms with Gasteiger partial charge >= 0.3 is 6.09 Å². The van der Waals surface area contributed by atoms with Crippen LogP contribution in [-0.4, -0.2) is 57.8 Å². The molecule has 0 bridgehead atoms. The van der Waals surface area contributed by atoms with Crippen LogP contribution in [0.25, 0.3) is 0 Å². The summed E-state index contributed by atoms with van der Waals surface area (Å²) in [6.45, 7) is 5.76. The molecule has 1 aliphatic heterocycles. The van der Waals surface area contributed by atoms with E-state index < -0.39 is 53.2 Å². The van der Waals surface area contributed by atoms with Gasteiger partial charge in [0.2, 0.25) is 11.8 Å². The molecule has 12 heteroatoms. The van der Waals surface area contributed by atoms with Crippen molar-refractivity contribution in [1.82, 2.24) is 20.5 Å². The number of pyridine rings is 1. The number of aliphatic hydroxyl groups excluding tert-OH is 1. The number of hydrogen-bond donors (Lipinski definition) is 5. The average molecular weight is 596 g/mol. The molecule has 12 nitrogen and oxygen atoms in total. The molecule has 43 heavy (non-hydrogen) atoms. The van der Waals surface area contributed by atoms with Crippen molar-refractivity contribution < 1.29 is 29.0 Å². The van der Waals surface area contributed by atoms with Crippen molar-refractivity contribution in [3.8, 4) is 0 Å². The van der Waals surface area contributed by atoms with Crippen LogP contribution >= 0.6 is 0 Å². The highest BCUT2D eigenvalue weighted by atomic mass is 16.6. The van der Waals surface area contributed by atoms with Crippen LogP contribution in [-0.2, 0) is 25.7 Å². The Kier molecular flexibility index (Phi) is 10.2.